The Balaban J connectivity index is 2.29. The molecule has 0 aliphatic carbocycles. The highest BCUT2D eigenvalue weighted by atomic mass is 35.5. The molecule has 0 saturated heterocycles. The quantitative estimate of drug-likeness (QED) is 0.883. The molecule has 0 spiro atoms. The summed E-state index contributed by atoms with van der Waals surface area (Å²) in [5, 5.41) is 3.51. The van der Waals surface area contributed by atoms with Gasteiger partial charge in [0.2, 0.25) is 0 Å². The van der Waals surface area contributed by atoms with E-state index in [1.807, 2.05) is 0 Å². The van der Waals surface area contributed by atoms with Crippen LogP contribution in [0.15, 0.2) is 30.5 Å². The zero-order chi connectivity index (χ0) is 14.0. The van der Waals surface area contributed by atoms with Crippen LogP contribution in [0.2, 0.25) is 15.1 Å². The maximum atomic E-state index is 12.0. The summed E-state index contributed by atoms with van der Waals surface area (Å²) in [5.74, 6) is -0.138. The Labute approximate surface area is 124 Å². The van der Waals surface area contributed by atoms with Gasteiger partial charge in [-0.15, -0.1) is 0 Å². The van der Waals surface area contributed by atoms with Crippen molar-refractivity contribution in [1.82, 2.24) is 4.98 Å². The lowest BCUT2D eigenvalue weighted by molar-refractivity contribution is 0.102. The van der Waals surface area contributed by atoms with Gasteiger partial charge in [-0.3, -0.25) is 4.79 Å². The van der Waals surface area contributed by atoms with Gasteiger partial charge in [0.05, 0.1) is 15.7 Å². The van der Waals surface area contributed by atoms with E-state index < -0.39 is 0 Å². The Morgan fingerprint density at radius 2 is 1.79 bits per heavy atom. The number of nitrogens with one attached hydrogen (secondary N) is 1. The number of nitrogens with two attached hydrogens (primary N) is 1. The fourth-order valence-corrected chi connectivity index (χ4v) is 2.35. The molecule has 1 aromatic carbocycles. The van der Waals surface area contributed by atoms with E-state index in [9.17, 15) is 4.79 Å². The van der Waals surface area contributed by atoms with Gasteiger partial charge in [0.15, 0.2) is 0 Å². The van der Waals surface area contributed by atoms with Crippen LogP contribution in [0.5, 0.6) is 0 Å². The van der Waals surface area contributed by atoms with Crippen LogP contribution < -0.4 is 11.1 Å². The lowest BCUT2D eigenvalue weighted by Crippen LogP contribution is -2.13. The van der Waals surface area contributed by atoms with Gasteiger partial charge in [-0.25, -0.2) is 4.98 Å². The first-order valence-corrected chi connectivity index (χ1v) is 6.28. The first kappa shape index (κ1) is 13.9. The number of anilines is 2. The normalized spacial score (nSPS) is 10.3. The Morgan fingerprint density at radius 3 is 2.37 bits per heavy atom. The molecular weight excluding hydrogens is 309 g/mol. The van der Waals surface area contributed by atoms with Gasteiger partial charge in [0.25, 0.3) is 5.91 Å². The van der Waals surface area contributed by atoms with Crippen LogP contribution in [0.3, 0.4) is 0 Å². The number of nitrogens with zero attached hydrogens (tertiary/aromatic N) is 1. The molecule has 98 valence electrons. The Bertz CT molecular complexity index is 623. The summed E-state index contributed by atoms with van der Waals surface area (Å²) < 4.78 is 0. The van der Waals surface area contributed by atoms with Gasteiger partial charge >= 0.3 is 0 Å². The molecule has 1 heterocycles. The van der Waals surface area contributed by atoms with Crippen LogP contribution in [0, 0.1) is 0 Å². The lowest BCUT2D eigenvalue weighted by Gasteiger charge is -2.10. The second-order valence-electron chi connectivity index (χ2n) is 3.67. The minimum Gasteiger partial charge on any atom is -0.384 e. The molecule has 0 fully saturated rings. The van der Waals surface area contributed by atoms with E-state index in [1.165, 1.54) is 30.5 Å². The molecule has 1 aromatic heterocycles. The van der Waals surface area contributed by atoms with Crippen LogP contribution in [0.4, 0.5) is 11.5 Å². The van der Waals surface area contributed by atoms with Crippen molar-refractivity contribution in [3.8, 4) is 0 Å². The number of pyridine rings is 1. The predicted octanol–water partition coefficient (Wildman–Crippen LogP) is 3.88. The molecule has 0 radical (unpaired) electrons. The van der Waals surface area contributed by atoms with Crippen molar-refractivity contribution >= 4 is 52.2 Å². The van der Waals surface area contributed by atoms with Crippen molar-refractivity contribution < 1.29 is 4.79 Å². The Morgan fingerprint density at radius 1 is 1.16 bits per heavy atom. The first-order valence-electron chi connectivity index (χ1n) is 5.15. The molecule has 19 heavy (non-hydrogen) atoms. The van der Waals surface area contributed by atoms with Crippen molar-refractivity contribution in [3.63, 3.8) is 0 Å². The summed E-state index contributed by atoms with van der Waals surface area (Å²) in [6.45, 7) is 0. The van der Waals surface area contributed by atoms with Gasteiger partial charge in [-0.05, 0) is 24.3 Å². The van der Waals surface area contributed by atoms with Crippen molar-refractivity contribution in [3.05, 3.63) is 51.1 Å². The molecule has 0 atom stereocenters. The number of benzene rings is 1. The summed E-state index contributed by atoms with van der Waals surface area (Å²) in [7, 11) is 0. The third-order valence-electron chi connectivity index (χ3n) is 2.29. The molecule has 1 amide bonds. The van der Waals surface area contributed by atoms with E-state index in [2.05, 4.69) is 10.3 Å². The fourth-order valence-electron chi connectivity index (χ4n) is 1.44. The van der Waals surface area contributed by atoms with E-state index in [0.717, 1.165) is 0 Å². The van der Waals surface area contributed by atoms with E-state index >= 15 is 0 Å². The maximum absolute atomic E-state index is 12.0. The highest BCUT2D eigenvalue weighted by Gasteiger charge is 2.13. The molecular formula is C12H8Cl3N3O. The molecule has 0 aliphatic heterocycles. The van der Waals surface area contributed by atoms with Crippen molar-refractivity contribution in [2.45, 2.75) is 0 Å². The number of carbonyl (C=O) groups is 1. The zero-order valence-corrected chi connectivity index (χ0v) is 11.7. The SMILES string of the molecule is Nc1cc(C(=O)Nc2c(Cl)cc(Cl)cc2Cl)ccn1. The molecule has 0 unspecified atom stereocenters. The monoisotopic (exact) mass is 315 g/mol. The van der Waals surface area contributed by atoms with Gasteiger partial charge in [-0.2, -0.15) is 0 Å². The smallest absolute Gasteiger partial charge is 0.255 e. The minimum absolute atomic E-state index is 0.251. The molecule has 4 nitrogen and oxygen atoms in total. The molecule has 0 bridgehead atoms. The highest BCUT2D eigenvalue weighted by molar-refractivity contribution is 6.42. The van der Waals surface area contributed by atoms with Crippen LogP contribution in [0.25, 0.3) is 0 Å². The number of amides is 1. The van der Waals surface area contributed by atoms with E-state index in [-0.39, 0.29) is 21.8 Å². The van der Waals surface area contributed by atoms with E-state index in [1.54, 1.807) is 0 Å². The number of aromatic nitrogens is 1. The third-order valence-corrected chi connectivity index (χ3v) is 3.10. The standard InChI is InChI=1S/C12H8Cl3N3O/c13-7-4-8(14)11(9(15)5-7)18-12(19)6-1-2-17-10(16)3-6/h1-5H,(H2,16,17)(H,18,19). The summed E-state index contributed by atoms with van der Waals surface area (Å²) in [4.78, 5) is 15.8. The highest BCUT2D eigenvalue weighted by Crippen LogP contribution is 2.33. The minimum atomic E-state index is -0.389. The number of rotatable bonds is 2. The van der Waals surface area contributed by atoms with E-state index in [4.69, 9.17) is 40.5 Å². The maximum Gasteiger partial charge on any atom is 0.255 e. The summed E-state index contributed by atoms with van der Waals surface area (Å²) in [6, 6.07) is 5.97. The van der Waals surface area contributed by atoms with Crippen molar-refractivity contribution in [2.75, 3.05) is 11.1 Å². The molecule has 3 N–H and O–H groups in total. The van der Waals surface area contributed by atoms with Crippen LogP contribution in [-0.4, -0.2) is 10.9 Å². The average Bonchev–Trinajstić information content (AvgIpc) is 2.33. The molecule has 0 saturated carbocycles. The predicted molar refractivity (Wildman–Crippen MR) is 78.1 cm³/mol. The van der Waals surface area contributed by atoms with Crippen LogP contribution in [-0.2, 0) is 0 Å². The molecule has 2 rings (SSSR count). The lowest BCUT2D eigenvalue weighted by atomic mass is 10.2. The summed E-state index contributed by atoms with van der Waals surface area (Å²) >= 11 is 17.7. The second-order valence-corrected chi connectivity index (χ2v) is 4.92. The zero-order valence-electron chi connectivity index (χ0n) is 9.45. The number of nitrogen functional groups attached to an aromatic ring is 1. The number of carbonyl (C=O) groups excluding carboxylic acids is 1. The molecule has 7 heteroatoms. The number of hydrogen-bond donors (Lipinski definition) is 2. The first-order chi connectivity index (χ1) is 8.97. The summed E-state index contributed by atoms with van der Waals surface area (Å²) in [5.41, 5.74) is 6.16. The van der Waals surface area contributed by atoms with Crippen LogP contribution >= 0.6 is 34.8 Å². The average molecular weight is 317 g/mol. The molecule has 2 aromatic rings. The third kappa shape index (κ3) is 3.29. The van der Waals surface area contributed by atoms with Gasteiger partial charge < -0.3 is 11.1 Å². The topological polar surface area (TPSA) is 68.0 Å². The van der Waals surface area contributed by atoms with E-state index in [0.29, 0.717) is 16.3 Å². The van der Waals surface area contributed by atoms with Gasteiger partial charge in [-0.1, -0.05) is 34.8 Å². The number of hydrogen-bond acceptors (Lipinski definition) is 3. The fraction of sp³-hybridized carbons (Fsp3) is 0. The number of halogens is 3. The van der Waals surface area contributed by atoms with Crippen molar-refractivity contribution in [2.24, 2.45) is 0 Å². The molecule has 0 aliphatic rings. The largest absolute Gasteiger partial charge is 0.384 e. The van der Waals surface area contributed by atoms with Gasteiger partial charge in [0, 0.05) is 16.8 Å². The second kappa shape index (κ2) is 5.65. The Hall–Kier alpha value is -1.49. The van der Waals surface area contributed by atoms with Crippen molar-refractivity contribution in [1.29, 1.82) is 0 Å². The van der Waals surface area contributed by atoms with Crippen LogP contribution in [0.1, 0.15) is 10.4 Å². The van der Waals surface area contributed by atoms with Gasteiger partial charge in [0.1, 0.15) is 5.82 Å². The summed E-state index contributed by atoms with van der Waals surface area (Å²) in [6.07, 6.45) is 1.44. The Kier molecular flexibility index (Phi) is 4.14.